The molecular formula is C20H15F2N3O2S. The maximum Gasteiger partial charge on any atom is 0.241 e. The van der Waals surface area contributed by atoms with Crippen LogP contribution in [0, 0.1) is 28.9 Å². The summed E-state index contributed by atoms with van der Waals surface area (Å²) in [5.74, 6) is -1.42. The van der Waals surface area contributed by atoms with E-state index in [9.17, 15) is 18.8 Å². The molecule has 1 spiro atoms. The number of hydrogen-bond acceptors (Lipinski definition) is 5. The van der Waals surface area contributed by atoms with Crippen molar-refractivity contribution < 1.29 is 18.3 Å². The number of nitriles is 1. The van der Waals surface area contributed by atoms with Crippen molar-refractivity contribution in [1.82, 2.24) is 5.01 Å². The predicted octanol–water partition coefficient (Wildman–Crippen LogP) is 4.00. The molecule has 0 aromatic heterocycles. The highest BCUT2D eigenvalue weighted by atomic mass is 32.2. The largest absolute Gasteiger partial charge is 0.493 e. The highest BCUT2D eigenvalue weighted by Crippen LogP contribution is 2.57. The van der Waals surface area contributed by atoms with Crippen molar-refractivity contribution in [2.45, 2.75) is 18.2 Å². The first-order valence-corrected chi connectivity index (χ1v) is 9.42. The molecule has 0 N–H and O–H groups in total. The Morgan fingerprint density at radius 1 is 1.39 bits per heavy atom. The lowest BCUT2D eigenvalue weighted by Crippen LogP contribution is -2.50. The monoisotopic (exact) mass is 399 g/mol. The van der Waals surface area contributed by atoms with Gasteiger partial charge in [-0.25, -0.2) is 13.8 Å². The molecule has 142 valence electrons. The number of carbonyl (C=O) groups excluding carboxylic acids is 1. The van der Waals surface area contributed by atoms with Crippen molar-refractivity contribution in [3.63, 3.8) is 0 Å². The van der Waals surface area contributed by atoms with E-state index in [4.69, 9.17) is 4.74 Å². The fourth-order valence-electron chi connectivity index (χ4n) is 3.60. The molecule has 8 heteroatoms. The smallest absolute Gasteiger partial charge is 0.241 e. The number of carbonyl (C=O) groups is 1. The van der Waals surface area contributed by atoms with Crippen LogP contribution in [0.2, 0.25) is 0 Å². The van der Waals surface area contributed by atoms with Crippen LogP contribution in [0.5, 0.6) is 5.75 Å². The summed E-state index contributed by atoms with van der Waals surface area (Å²) in [6, 6.07) is 12.5. The molecule has 0 saturated heterocycles. The van der Waals surface area contributed by atoms with Gasteiger partial charge in [0.25, 0.3) is 0 Å². The molecule has 0 unspecified atom stereocenters. The molecule has 0 aliphatic carbocycles. The maximum absolute atomic E-state index is 14.4. The average Bonchev–Trinajstić information content (AvgIpc) is 3.08. The quantitative estimate of drug-likeness (QED) is 0.766. The molecular weight excluding hydrogens is 384 g/mol. The summed E-state index contributed by atoms with van der Waals surface area (Å²) < 4.78 is 34.0. The molecule has 2 heterocycles. The van der Waals surface area contributed by atoms with E-state index in [1.807, 2.05) is 12.1 Å². The molecule has 4 rings (SSSR count). The molecule has 0 radical (unpaired) electrons. The molecule has 0 bridgehead atoms. The van der Waals surface area contributed by atoms with Crippen molar-refractivity contribution in [3.8, 4) is 11.8 Å². The van der Waals surface area contributed by atoms with E-state index in [-0.39, 0.29) is 29.5 Å². The Morgan fingerprint density at radius 3 is 2.93 bits per heavy atom. The van der Waals surface area contributed by atoms with Crippen LogP contribution < -0.4 is 4.74 Å². The van der Waals surface area contributed by atoms with E-state index in [2.05, 4.69) is 11.2 Å². The average molecular weight is 399 g/mol. The first-order valence-electron chi connectivity index (χ1n) is 8.60. The Kier molecular flexibility index (Phi) is 4.55. The number of hydrazone groups is 1. The van der Waals surface area contributed by atoms with Gasteiger partial charge in [0.1, 0.15) is 22.4 Å². The Morgan fingerprint density at radius 2 is 2.18 bits per heavy atom. The topological polar surface area (TPSA) is 65.7 Å². The molecule has 2 aliphatic rings. The van der Waals surface area contributed by atoms with Crippen molar-refractivity contribution in [3.05, 3.63) is 65.2 Å². The molecule has 2 aromatic rings. The fourth-order valence-corrected chi connectivity index (χ4v) is 5.13. The molecule has 2 atom stereocenters. The number of rotatable bonds is 2. The number of benzene rings is 2. The third kappa shape index (κ3) is 2.74. The van der Waals surface area contributed by atoms with E-state index < -0.39 is 22.4 Å². The summed E-state index contributed by atoms with van der Waals surface area (Å²) in [5.41, 5.74) is 0.657. The number of para-hydroxylation sites is 1. The normalized spacial score (nSPS) is 23.0. The minimum absolute atomic E-state index is 0.0206. The van der Waals surface area contributed by atoms with Crippen molar-refractivity contribution in [2.75, 3.05) is 6.61 Å². The van der Waals surface area contributed by atoms with Gasteiger partial charge in [-0.15, -0.1) is 0 Å². The van der Waals surface area contributed by atoms with Crippen LogP contribution in [0.4, 0.5) is 8.78 Å². The summed E-state index contributed by atoms with van der Waals surface area (Å²) >= 11 is 1.15. The van der Waals surface area contributed by atoms with Gasteiger partial charge >= 0.3 is 0 Å². The van der Waals surface area contributed by atoms with Gasteiger partial charge in [-0.3, -0.25) is 4.79 Å². The Bertz CT molecular complexity index is 1040. The third-order valence-electron chi connectivity index (χ3n) is 4.82. The van der Waals surface area contributed by atoms with Crippen LogP contribution in [-0.4, -0.2) is 22.6 Å². The lowest BCUT2D eigenvalue weighted by molar-refractivity contribution is -0.134. The van der Waals surface area contributed by atoms with Crippen LogP contribution in [0.1, 0.15) is 24.5 Å². The van der Waals surface area contributed by atoms with E-state index in [1.54, 1.807) is 12.1 Å². The zero-order chi connectivity index (χ0) is 19.9. The number of thioether (sulfide) groups is 1. The van der Waals surface area contributed by atoms with Crippen molar-refractivity contribution in [1.29, 1.82) is 5.26 Å². The second-order valence-corrected chi connectivity index (χ2v) is 7.74. The number of hydrogen-bond donors (Lipinski definition) is 0. The zero-order valence-corrected chi connectivity index (χ0v) is 15.7. The minimum Gasteiger partial charge on any atom is -0.493 e. The predicted molar refractivity (Wildman–Crippen MR) is 100 cm³/mol. The maximum atomic E-state index is 14.4. The number of fused-ring (bicyclic) bond motifs is 2. The molecule has 28 heavy (non-hydrogen) atoms. The van der Waals surface area contributed by atoms with Gasteiger partial charge in [0.2, 0.25) is 5.91 Å². The first kappa shape index (κ1) is 18.4. The molecule has 0 saturated carbocycles. The second kappa shape index (κ2) is 6.91. The number of halogens is 2. The first-order chi connectivity index (χ1) is 13.5. The van der Waals surface area contributed by atoms with Crippen molar-refractivity contribution in [2.24, 2.45) is 11.0 Å². The van der Waals surface area contributed by atoms with Crippen LogP contribution >= 0.6 is 11.8 Å². The molecule has 2 aromatic carbocycles. The minimum atomic E-state index is -1.06. The second-order valence-electron chi connectivity index (χ2n) is 6.52. The summed E-state index contributed by atoms with van der Waals surface area (Å²) in [7, 11) is 0. The van der Waals surface area contributed by atoms with Gasteiger partial charge in [-0.05, 0) is 24.3 Å². The SMILES string of the molecule is CC(=O)N1N=C(c2cc(F)ccc2F)S[C@]12c1ccccc1OC[C@H]2CC#N. The highest BCUT2D eigenvalue weighted by Gasteiger charge is 2.56. The molecule has 5 nitrogen and oxygen atoms in total. The summed E-state index contributed by atoms with van der Waals surface area (Å²) in [4.78, 5) is 11.5. The lowest BCUT2D eigenvalue weighted by Gasteiger charge is -2.44. The Hall–Kier alpha value is -2.92. The number of amides is 1. The summed E-state index contributed by atoms with van der Waals surface area (Å²) in [6.45, 7) is 1.56. The fraction of sp³-hybridized carbons (Fsp3) is 0.250. The van der Waals surface area contributed by atoms with Crippen LogP contribution in [0.3, 0.4) is 0 Å². The standard InChI is InChI=1S/C20H15F2N3O2S/c1-12(26)25-20(28-19(24-25)15-10-14(21)6-7-17(15)22)13(8-9-23)11-27-18-5-3-2-4-16(18)20/h2-7,10,13H,8,11H2,1H3/t13-,20-/m1/s1. The highest BCUT2D eigenvalue weighted by molar-refractivity contribution is 8.15. The summed E-state index contributed by atoms with van der Waals surface area (Å²) in [5, 5.41) is 15.2. The number of nitrogens with zero attached hydrogens (tertiary/aromatic N) is 3. The zero-order valence-electron chi connectivity index (χ0n) is 14.9. The lowest BCUT2D eigenvalue weighted by atomic mass is 9.87. The Balaban J connectivity index is 1.91. The number of ether oxygens (including phenoxy) is 1. The van der Waals surface area contributed by atoms with Crippen molar-refractivity contribution >= 4 is 22.7 Å². The molecule has 2 aliphatic heterocycles. The third-order valence-corrected chi connectivity index (χ3v) is 6.35. The van der Waals surface area contributed by atoms with Crippen LogP contribution in [0.15, 0.2) is 47.6 Å². The van der Waals surface area contributed by atoms with E-state index in [0.717, 1.165) is 30.0 Å². The van der Waals surface area contributed by atoms with Gasteiger partial charge in [0.05, 0.1) is 12.7 Å². The van der Waals surface area contributed by atoms with Gasteiger partial charge in [0, 0.05) is 30.4 Å². The van der Waals surface area contributed by atoms with E-state index in [0.29, 0.717) is 11.3 Å². The van der Waals surface area contributed by atoms with Crippen LogP contribution in [-0.2, 0) is 9.67 Å². The molecule has 0 fully saturated rings. The molecule has 1 amide bonds. The Labute approximate surface area is 164 Å². The van der Waals surface area contributed by atoms with Gasteiger partial charge < -0.3 is 4.74 Å². The summed E-state index contributed by atoms with van der Waals surface area (Å²) in [6.07, 6.45) is 0.111. The van der Waals surface area contributed by atoms with E-state index in [1.165, 1.54) is 11.9 Å². The van der Waals surface area contributed by atoms with Gasteiger partial charge in [-0.1, -0.05) is 30.0 Å². The van der Waals surface area contributed by atoms with Gasteiger partial charge in [-0.2, -0.15) is 10.4 Å². The van der Waals surface area contributed by atoms with E-state index >= 15 is 0 Å². The van der Waals surface area contributed by atoms with Gasteiger partial charge in [0.15, 0.2) is 4.87 Å². The van der Waals surface area contributed by atoms with Crippen LogP contribution in [0.25, 0.3) is 0 Å².